The molecule has 1 aliphatic rings. The normalized spacial score (nSPS) is 21.3. The molecule has 0 unspecified atom stereocenters. The lowest BCUT2D eigenvalue weighted by molar-refractivity contribution is 0.318. The zero-order valence-electron chi connectivity index (χ0n) is 13.8. The maximum Gasteiger partial charge on any atom is 0.0232 e. The Morgan fingerprint density at radius 1 is 0.913 bits per heavy atom. The van der Waals surface area contributed by atoms with E-state index in [0.717, 1.165) is 22.1 Å². The molecule has 2 heteroatoms. The third-order valence-corrected chi connectivity index (χ3v) is 6.71. The van der Waals surface area contributed by atoms with Crippen molar-refractivity contribution < 1.29 is 0 Å². The van der Waals surface area contributed by atoms with Crippen molar-refractivity contribution in [2.24, 2.45) is 5.92 Å². The van der Waals surface area contributed by atoms with Crippen molar-refractivity contribution in [1.82, 2.24) is 0 Å². The first-order valence-electron chi connectivity index (χ1n) is 8.72. The fourth-order valence-electron chi connectivity index (χ4n) is 3.49. The summed E-state index contributed by atoms with van der Waals surface area (Å²) in [5.74, 6) is 2.81. The summed E-state index contributed by atoms with van der Waals surface area (Å²) in [6.45, 7) is 2.34. The van der Waals surface area contributed by atoms with Crippen molar-refractivity contribution in [1.29, 1.82) is 0 Å². The molecule has 0 amide bonds. The summed E-state index contributed by atoms with van der Waals surface area (Å²) in [5, 5.41) is 0. The van der Waals surface area contributed by atoms with E-state index in [1.54, 1.807) is 5.56 Å². The highest BCUT2D eigenvalue weighted by molar-refractivity contribution is 9.10. The molecule has 0 spiro atoms. The van der Waals surface area contributed by atoms with Crippen molar-refractivity contribution in [3.05, 3.63) is 64.1 Å². The average molecular weight is 389 g/mol. The van der Waals surface area contributed by atoms with Gasteiger partial charge in [0.15, 0.2) is 0 Å². The number of hydrogen-bond donors (Lipinski definition) is 0. The molecule has 0 aliphatic heterocycles. The first-order valence-corrected chi connectivity index (χ1v) is 10.5. The topological polar surface area (TPSA) is 0 Å². The fourth-order valence-corrected chi connectivity index (χ4v) is 4.61. The smallest absolute Gasteiger partial charge is 0.0232 e. The zero-order valence-corrected chi connectivity index (χ0v) is 16.2. The van der Waals surface area contributed by atoms with Crippen molar-refractivity contribution in [2.75, 3.05) is 0 Å². The van der Waals surface area contributed by atoms with Gasteiger partial charge >= 0.3 is 0 Å². The van der Waals surface area contributed by atoms with Crippen LogP contribution in [-0.4, -0.2) is 0 Å². The lowest BCUT2D eigenvalue weighted by Crippen LogP contribution is -2.12. The van der Waals surface area contributed by atoms with Gasteiger partial charge in [-0.15, -0.1) is 11.8 Å². The molecule has 0 bridgehead atoms. The molecule has 1 aliphatic carbocycles. The molecule has 122 valence electrons. The van der Waals surface area contributed by atoms with Gasteiger partial charge in [-0.25, -0.2) is 0 Å². The standard InChI is InChI=1S/C21H25BrS/c1-2-16-3-7-18(8-4-16)19-9-13-21(14-10-19)23-15-17-5-11-20(22)12-6-17/h5-6,9-14,16,18H,2-4,7-8,15H2,1H3. The Hall–Kier alpha value is -0.730. The SMILES string of the molecule is CCC1CCC(c2ccc(SCc3ccc(Br)cc3)cc2)CC1. The summed E-state index contributed by atoms with van der Waals surface area (Å²) in [5.41, 5.74) is 2.92. The highest BCUT2D eigenvalue weighted by Crippen LogP contribution is 2.37. The van der Waals surface area contributed by atoms with Gasteiger partial charge in [-0.05, 0) is 72.9 Å². The summed E-state index contributed by atoms with van der Waals surface area (Å²) in [6, 6.07) is 18.0. The van der Waals surface area contributed by atoms with E-state index < -0.39 is 0 Å². The molecule has 0 N–H and O–H groups in total. The second-order valence-electron chi connectivity index (χ2n) is 6.61. The molecular weight excluding hydrogens is 364 g/mol. The molecule has 0 saturated heterocycles. The second kappa shape index (κ2) is 8.39. The third kappa shape index (κ3) is 4.87. The van der Waals surface area contributed by atoms with Gasteiger partial charge in [0.05, 0.1) is 0 Å². The molecule has 0 aromatic heterocycles. The molecular formula is C21H25BrS. The van der Waals surface area contributed by atoms with Gasteiger partial charge in [-0.2, -0.15) is 0 Å². The zero-order chi connectivity index (χ0) is 16.1. The van der Waals surface area contributed by atoms with E-state index >= 15 is 0 Å². The van der Waals surface area contributed by atoms with Crippen LogP contribution in [0.4, 0.5) is 0 Å². The van der Waals surface area contributed by atoms with Crippen molar-refractivity contribution in [3.63, 3.8) is 0 Å². The molecule has 3 rings (SSSR count). The number of hydrogen-bond acceptors (Lipinski definition) is 1. The van der Waals surface area contributed by atoms with Crippen LogP contribution in [-0.2, 0) is 5.75 Å². The highest BCUT2D eigenvalue weighted by atomic mass is 79.9. The van der Waals surface area contributed by atoms with Gasteiger partial charge in [0.2, 0.25) is 0 Å². The molecule has 0 atom stereocenters. The summed E-state index contributed by atoms with van der Waals surface area (Å²) in [7, 11) is 0. The van der Waals surface area contributed by atoms with E-state index in [2.05, 4.69) is 71.4 Å². The predicted octanol–water partition coefficient (Wildman–Crippen LogP) is 7.43. The highest BCUT2D eigenvalue weighted by Gasteiger charge is 2.20. The van der Waals surface area contributed by atoms with Crippen molar-refractivity contribution in [2.45, 2.75) is 55.6 Å². The van der Waals surface area contributed by atoms with Crippen LogP contribution in [0.1, 0.15) is 56.1 Å². The Balaban J connectivity index is 1.54. The average Bonchev–Trinajstić information content (AvgIpc) is 2.62. The minimum absolute atomic E-state index is 0.795. The van der Waals surface area contributed by atoms with Crippen LogP contribution in [0.15, 0.2) is 57.9 Å². The maximum absolute atomic E-state index is 3.49. The van der Waals surface area contributed by atoms with Crippen LogP contribution >= 0.6 is 27.7 Å². The minimum Gasteiger partial charge on any atom is -0.121 e. The largest absolute Gasteiger partial charge is 0.121 e. The Morgan fingerprint density at radius 2 is 1.57 bits per heavy atom. The summed E-state index contributed by atoms with van der Waals surface area (Å²) in [6.07, 6.45) is 6.95. The fraction of sp³-hybridized carbons (Fsp3) is 0.429. The monoisotopic (exact) mass is 388 g/mol. The third-order valence-electron chi connectivity index (χ3n) is 5.09. The lowest BCUT2D eigenvalue weighted by Gasteiger charge is -2.28. The van der Waals surface area contributed by atoms with Crippen LogP contribution in [0.25, 0.3) is 0 Å². The molecule has 0 nitrogen and oxygen atoms in total. The summed E-state index contributed by atoms with van der Waals surface area (Å²) >= 11 is 5.41. The summed E-state index contributed by atoms with van der Waals surface area (Å²) < 4.78 is 1.15. The predicted molar refractivity (Wildman–Crippen MR) is 105 cm³/mol. The number of thioether (sulfide) groups is 1. The molecule has 2 aromatic carbocycles. The molecule has 0 radical (unpaired) electrons. The van der Waals surface area contributed by atoms with E-state index in [1.165, 1.54) is 42.6 Å². The molecule has 0 heterocycles. The van der Waals surface area contributed by atoms with Crippen LogP contribution in [0, 0.1) is 5.92 Å². The molecule has 23 heavy (non-hydrogen) atoms. The van der Waals surface area contributed by atoms with Gasteiger partial charge in [-0.1, -0.05) is 53.5 Å². The summed E-state index contributed by atoms with van der Waals surface area (Å²) in [4.78, 5) is 1.37. The van der Waals surface area contributed by atoms with E-state index in [4.69, 9.17) is 0 Å². The van der Waals surface area contributed by atoms with E-state index in [0.29, 0.717) is 0 Å². The van der Waals surface area contributed by atoms with E-state index in [1.807, 2.05) is 11.8 Å². The van der Waals surface area contributed by atoms with Crippen LogP contribution in [0.2, 0.25) is 0 Å². The molecule has 1 fully saturated rings. The van der Waals surface area contributed by atoms with E-state index in [9.17, 15) is 0 Å². The van der Waals surface area contributed by atoms with Crippen LogP contribution < -0.4 is 0 Å². The Labute approximate surface area is 153 Å². The minimum atomic E-state index is 0.795. The second-order valence-corrected chi connectivity index (χ2v) is 8.57. The quantitative estimate of drug-likeness (QED) is 0.479. The van der Waals surface area contributed by atoms with Gasteiger partial charge in [0.25, 0.3) is 0 Å². The number of rotatable bonds is 5. The van der Waals surface area contributed by atoms with E-state index in [-0.39, 0.29) is 0 Å². The lowest BCUT2D eigenvalue weighted by atomic mass is 9.78. The Kier molecular flexibility index (Phi) is 6.24. The van der Waals surface area contributed by atoms with Crippen molar-refractivity contribution in [3.8, 4) is 0 Å². The van der Waals surface area contributed by atoms with Crippen molar-refractivity contribution >= 4 is 27.7 Å². The van der Waals surface area contributed by atoms with Gasteiger partial charge in [-0.3, -0.25) is 0 Å². The Morgan fingerprint density at radius 3 is 2.17 bits per heavy atom. The van der Waals surface area contributed by atoms with Gasteiger partial charge < -0.3 is 0 Å². The number of halogens is 1. The first-order chi connectivity index (χ1) is 11.2. The van der Waals surface area contributed by atoms with Gasteiger partial charge in [0, 0.05) is 15.1 Å². The Bertz CT molecular complexity index is 595. The molecule has 1 saturated carbocycles. The van der Waals surface area contributed by atoms with Crippen LogP contribution in [0.3, 0.4) is 0 Å². The first kappa shape index (κ1) is 17.1. The molecule has 2 aromatic rings. The number of benzene rings is 2. The van der Waals surface area contributed by atoms with Gasteiger partial charge in [0.1, 0.15) is 0 Å². The maximum atomic E-state index is 3.49. The van der Waals surface area contributed by atoms with Crippen LogP contribution in [0.5, 0.6) is 0 Å².